The molecule has 8 heteroatoms. The van der Waals surface area contributed by atoms with E-state index in [9.17, 15) is 13.2 Å². The lowest BCUT2D eigenvalue weighted by Crippen LogP contribution is -2.16. The summed E-state index contributed by atoms with van der Waals surface area (Å²) in [6.07, 6.45) is 0. The van der Waals surface area contributed by atoms with Gasteiger partial charge in [0.1, 0.15) is 0 Å². The van der Waals surface area contributed by atoms with Gasteiger partial charge in [-0.1, -0.05) is 29.3 Å². The SMILES string of the molecule is Cc1ccc(NC(=O)c2ncsc2S(=O)(=O)c2ccc(Cl)cc2)cc1. The molecule has 3 aromatic rings. The van der Waals surface area contributed by atoms with E-state index in [0.29, 0.717) is 10.7 Å². The Bertz CT molecular complexity index is 1010. The molecule has 2 aromatic carbocycles. The first-order valence-corrected chi connectivity index (χ1v) is 9.94. The average molecular weight is 393 g/mol. The Hall–Kier alpha value is -2.22. The highest BCUT2D eigenvalue weighted by Crippen LogP contribution is 2.28. The van der Waals surface area contributed by atoms with E-state index < -0.39 is 15.7 Å². The largest absolute Gasteiger partial charge is 0.321 e. The van der Waals surface area contributed by atoms with Crippen LogP contribution in [-0.4, -0.2) is 19.3 Å². The summed E-state index contributed by atoms with van der Waals surface area (Å²) in [5, 5.41) is 3.10. The molecule has 5 nitrogen and oxygen atoms in total. The van der Waals surface area contributed by atoms with Crippen LogP contribution in [0.25, 0.3) is 0 Å². The summed E-state index contributed by atoms with van der Waals surface area (Å²) in [6, 6.07) is 13.0. The maximum atomic E-state index is 12.8. The Morgan fingerprint density at radius 2 is 1.72 bits per heavy atom. The number of benzene rings is 2. The van der Waals surface area contributed by atoms with Crippen molar-refractivity contribution in [1.82, 2.24) is 4.98 Å². The quantitative estimate of drug-likeness (QED) is 0.722. The molecule has 0 saturated heterocycles. The van der Waals surface area contributed by atoms with Crippen LogP contribution in [0, 0.1) is 6.92 Å². The van der Waals surface area contributed by atoms with Gasteiger partial charge in [0, 0.05) is 10.7 Å². The standard InChI is InChI=1S/C17H13ClN2O3S2/c1-11-2-6-13(7-3-11)20-16(21)15-17(24-10-19-15)25(22,23)14-8-4-12(18)5-9-14/h2-10H,1H3,(H,20,21). The number of anilines is 1. The van der Waals surface area contributed by atoms with Gasteiger partial charge in [0.05, 0.1) is 10.4 Å². The number of amides is 1. The van der Waals surface area contributed by atoms with Crippen LogP contribution in [0.4, 0.5) is 5.69 Å². The molecule has 1 heterocycles. The average Bonchev–Trinajstić information content (AvgIpc) is 3.08. The molecule has 1 aromatic heterocycles. The normalized spacial score (nSPS) is 11.3. The fraction of sp³-hybridized carbons (Fsp3) is 0.0588. The summed E-state index contributed by atoms with van der Waals surface area (Å²) in [5.74, 6) is -0.572. The van der Waals surface area contributed by atoms with Gasteiger partial charge in [-0.15, -0.1) is 11.3 Å². The molecule has 25 heavy (non-hydrogen) atoms. The molecular weight excluding hydrogens is 380 g/mol. The van der Waals surface area contributed by atoms with Gasteiger partial charge in [-0.3, -0.25) is 4.79 Å². The van der Waals surface area contributed by atoms with Crippen LogP contribution < -0.4 is 5.32 Å². The summed E-state index contributed by atoms with van der Waals surface area (Å²) >= 11 is 6.71. The molecule has 0 aliphatic carbocycles. The fourth-order valence-corrected chi connectivity index (χ4v) is 4.80. The molecule has 0 unspecified atom stereocenters. The molecule has 1 N–H and O–H groups in total. The Morgan fingerprint density at radius 3 is 2.36 bits per heavy atom. The molecule has 0 radical (unpaired) electrons. The van der Waals surface area contributed by atoms with Crippen molar-refractivity contribution >= 4 is 44.4 Å². The number of halogens is 1. The number of nitrogens with zero attached hydrogens (tertiary/aromatic N) is 1. The van der Waals surface area contributed by atoms with Crippen LogP contribution in [-0.2, 0) is 9.84 Å². The molecule has 0 fully saturated rings. The van der Waals surface area contributed by atoms with E-state index in [2.05, 4.69) is 10.3 Å². The lowest BCUT2D eigenvalue weighted by Gasteiger charge is -2.07. The van der Waals surface area contributed by atoms with Crippen LogP contribution in [0.5, 0.6) is 0 Å². The van der Waals surface area contributed by atoms with Gasteiger partial charge in [0.15, 0.2) is 9.90 Å². The first-order chi connectivity index (χ1) is 11.9. The number of sulfone groups is 1. The van der Waals surface area contributed by atoms with Crippen molar-refractivity contribution < 1.29 is 13.2 Å². The van der Waals surface area contributed by atoms with E-state index in [1.807, 2.05) is 19.1 Å². The third kappa shape index (κ3) is 3.73. The summed E-state index contributed by atoms with van der Waals surface area (Å²) in [5.41, 5.74) is 2.84. The first-order valence-electron chi connectivity index (χ1n) is 7.20. The van der Waals surface area contributed by atoms with Gasteiger partial charge < -0.3 is 5.32 Å². The van der Waals surface area contributed by atoms with Gasteiger partial charge in [0.25, 0.3) is 5.91 Å². The van der Waals surface area contributed by atoms with E-state index in [1.165, 1.54) is 29.8 Å². The van der Waals surface area contributed by atoms with Crippen molar-refractivity contribution in [3.63, 3.8) is 0 Å². The van der Waals surface area contributed by atoms with Gasteiger partial charge >= 0.3 is 0 Å². The molecule has 1 amide bonds. The minimum atomic E-state index is -3.85. The Balaban J connectivity index is 1.93. The number of hydrogen-bond donors (Lipinski definition) is 1. The molecule has 0 spiro atoms. The molecule has 0 atom stereocenters. The van der Waals surface area contributed by atoms with Gasteiger partial charge in [0.2, 0.25) is 9.84 Å². The zero-order chi connectivity index (χ0) is 18.0. The predicted octanol–water partition coefficient (Wildman–Crippen LogP) is 4.19. The van der Waals surface area contributed by atoms with E-state index in [1.54, 1.807) is 12.1 Å². The second-order valence-electron chi connectivity index (χ2n) is 5.27. The lowest BCUT2D eigenvalue weighted by atomic mass is 10.2. The van der Waals surface area contributed by atoms with Gasteiger partial charge in [-0.05, 0) is 43.3 Å². The molecule has 0 bridgehead atoms. The molecule has 0 saturated carbocycles. The van der Waals surface area contributed by atoms with Crippen LogP contribution in [0.2, 0.25) is 5.02 Å². The zero-order valence-corrected chi connectivity index (χ0v) is 15.5. The van der Waals surface area contributed by atoms with Crippen molar-refractivity contribution in [3.05, 3.63) is 70.3 Å². The summed E-state index contributed by atoms with van der Waals surface area (Å²) in [4.78, 5) is 16.5. The Morgan fingerprint density at radius 1 is 1.08 bits per heavy atom. The first kappa shape index (κ1) is 17.6. The topological polar surface area (TPSA) is 76.1 Å². The van der Waals surface area contributed by atoms with Crippen molar-refractivity contribution in [2.24, 2.45) is 0 Å². The summed E-state index contributed by atoms with van der Waals surface area (Å²) in [7, 11) is -3.85. The second-order valence-corrected chi connectivity index (χ2v) is 8.70. The van der Waals surface area contributed by atoms with Crippen LogP contribution in [0.3, 0.4) is 0 Å². The molecular formula is C17H13ClN2O3S2. The number of rotatable bonds is 4. The fourth-order valence-electron chi connectivity index (χ4n) is 2.13. The van der Waals surface area contributed by atoms with Crippen molar-refractivity contribution in [3.8, 4) is 0 Å². The van der Waals surface area contributed by atoms with E-state index in [4.69, 9.17) is 11.6 Å². The van der Waals surface area contributed by atoms with Crippen molar-refractivity contribution in [1.29, 1.82) is 0 Å². The molecule has 128 valence electrons. The molecule has 0 aliphatic heterocycles. The monoisotopic (exact) mass is 392 g/mol. The van der Waals surface area contributed by atoms with E-state index >= 15 is 0 Å². The Kier molecular flexibility index (Phi) is 4.89. The minimum absolute atomic E-state index is 0.0607. The number of aromatic nitrogens is 1. The third-order valence-electron chi connectivity index (χ3n) is 3.43. The maximum Gasteiger partial charge on any atom is 0.276 e. The number of aryl methyl sites for hydroxylation is 1. The summed E-state index contributed by atoms with van der Waals surface area (Å²) < 4.78 is 25.5. The van der Waals surface area contributed by atoms with E-state index in [0.717, 1.165) is 16.9 Å². The van der Waals surface area contributed by atoms with Crippen LogP contribution >= 0.6 is 22.9 Å². The second kappa shape index (κ2) is 6.95. The number of thiazole rings is 1. The summed E-state index contributed by atoms with van der Waals surface area (Å²) in [6.45, 7) is 1.93. The maximum absolute atomic E-state index is 12.8. The number of carbonyl (C=O) groups is 1. The molecule has 3 rings (SSSR count). The Labute approximate surface area is 154 Å². The van der Waals surface area contributed by atoms with Crippen LogP contribution in [0.15, 0.2) is 63.1 Å². The smallest absolute Gasteiger partial charge is 0.276 e. The highest BCUT2D eigenvalue weighted by atomic mass is 35.5. The van der Waals surface area contributed by atoms with E-state index in [-0.39, 0.29) is 14.8 Å². The van der Waals surface area contributed by atoms with Crippen molar-refractivity contribution in [2.75, 3.05) is 5.32 Å². The highest BCUT2D eigenvalue weighted by Gasteiger charge is 2.27. The minimum Gasteiger partial charge on any atom is -0.321 e. The zero-order valence-electron chi connectivity index (χ0n) is 13.1. The lowest BCUT2D eigenvalue weighted by molar-refractivity contribution is 0.102. The van der Waals surface area contributed by atoms with Gasteiger partial charge in [-0.2, -0.15) is 0 Å². The van der Waals surface area contributed by atoms with Crippen molar-refractivity contribution in [2.45, 2.75) is 16.0 Å². The number of carbonyl (C=O) groups excluding carboxylic acids is 1. The number of nitrogens with one attached hydrogen (secondary N) is 1. The predicted molar refractivity (Wildman–Crippen MR) is 98.2 cm³/mol. The third-order valence-corrected chi connectivity index (χ3v) is 6.82. The highest BCUT2D eigenvalue weighted by molar-refractivity contribution is 7.93. The molecule has 0 aliphatic rings. The number of hydrogen-bond acceptors (Lipinski definition) is 5. The van der Waals surface area contributed by atoms with Crippen LogP contribution in [0.1, 0.15) is 16.1 Å². The van der Waals surface area contributed by atoms with Gasteiger partial charge in [-0.25, -0.2) is 13.4 Å².